The third-order valence-corrected chi connectivity index (χ3v) is 8.03. The molecule has 1 aliphatic rings. The molecule has 36 heavy (non-hydrogen) atoms. The molecule has 0 N–H and O–H groups in total. The van der Waals surface area contributed by atoms with E-state index >= 15 is 0 Å². The summed E-state index contributed by atoms with van der Waals surface area (Å²) in [6.45, 7) is 4.42. The molecule has 1 nitrogen and oxygen atoms in total. The van der Waals surface area contributed by atoms with Gasteiger partial charge in [-0.05, 0) is 115 Å². The van der Waals surface area contributed by atoms with Gasteiger partial charge in [0.05, 0.1) is 0 Å². The zero-order valence-corrected chi connectivity index (χ0v) is 20.3. The van der Waals surface area contributed by atoms with Gasteiger partial charge in [-0.2, -0.15) is 0 Å². The Morgan fingerprint density at radius 2 is 1.33 bits per heavy atom. The van der Waals surface area contributed by atoms with E-state index in [2.05, 4.69) is 110 Å². The van der Waals surface area contributed by atoms with Crippen molar-refractivity contribution in [3.8, 4) is 33.4 Å². The number of rotatable bonds is 1. The molecule has 1 heteroatoms. The summed E-state index contributed by atoms with van der Waals surface area (Å²) in [5, 5.41) is 10.4. The third-order valence-electron chi connectivity index (χ3n) is 8.03. The maximum Gasteiger partial charge on any atom is 0.0346 e. The Labute approximate surface area is 209 Å². The van der Waals surface area contributed by atoms with Gasteiger partial charge in [-0.3, -0.25) is 4.98 Å². The Kier molecular flexibility index (Phi) is 3.86. The lowest BCUT2D eigenvalue weighted by Gasteiger charge is -2.16. The average Bonchev–Trinajstić information content (AvgIpc) is 3.25. The highest BCUT2D eigenvalue weighted by molar-refractivity contribution is 6.29. The first-order valence-electron chi connectivity index (χ1n) is 12.5. The van der Waals surface area contributed by atoms with Crippen LogP contribution in [-0.2, 0) is 0 Å². The second-order valence-electron chi connectivity index (χ2n) is 10.2. The van der Waals surface area contributed by atoms with E-state index in [9.17, 15) is 0 Å². The van der Waals surface area contributed by atoms with Crippen LogP contribution in [0, 0.1) is 13.8 Å². The van der Waals surface area contributed by atoms with E-state index in [1.54, 1.807) is 0 Å². The molecular formula is C35H23N. The maximum atomic E-state index is 4.37. The van der Waals surface area contributed by atoms with E-state index in [4.69, 9.17) is 0 Å². The fraction of sp³-hybridized carbons (Fsp3) is 0.0571. The molecule has 0 bridgehead atoms. The molecule has 0 radical (unpaired) electrons. The first kappa shape index (κ1) is 19.8. The number of pyridine rings is 1. The van der Waals surface area contributed by atoms with Crippen molar-refractivity contribution < 1.29 is 0 Å². The fourth-order valence-electron chi connectivity index (χ4n) is 6.35. The van der Waals surface area contributed by atoms with Crippen molar-refractivity contribution in [1.29, 1.82) is 0 Å². The maximum absolute atomic E-state index is 4.37. The van der Waals surface area contributed by atoms with E-state index in [1.165, 1.54) is 87.6 Å². The first-order valence-corrected chi connectivity index (χ1v) is 12.5. The first-order chi connectivity index (χ1) is 17.7. The Bertz CT molecular complexity index is 2060. The Morgan fingerprint density at radius 3 is 2.25 bits per heavy atom. The van der Waals surface area contributed by atoms with Crippen LogP contribution < -0.4 is 0 Å². The van der Waals surface area contributed by atoms with Gasteiger partial charge >= 0.3 is 0 Å². The monoisotopic (exact) mass is 457 g/mol. The quantitative estimate of drug-likeness (QED) is 0.224. The zero-order valence-electron chi connectivity index (χ0n) is 20.3. The molecule has 0 saturated carbocycles. The van der Waals surface area contributed by atoms with E-state index in [-0.39, 0.29) is 0 Å². The van der Waals surface area contributed by atoms with Crippen LogP contribution in [0.2, 0.25) is 0 Å². The molecule has 1 heterocycles. The second kappa shape index (κ2) is 7.02. The molecule has 8 rings (SSSR count). The van der Waals surface area contributed by atoms with Crippen LogP contribution >= 0.6 is 0 Å². The van der Waals surface area contributed by atoms with Gasteiger partial charge in [0.15, 0.2) is 0 Å². The van der Waals surface area contributed by atoms with Gasteiger partial charge in [0.25, 0.3) is 0 Å². The number of nitrogens with zero attached hydrogens (tertiary/aromatic N) is 1. The van der Waals surface area contributed by atoms with Crippen molar-refractivity contribution in [2.45, 2.75) is 13.8 Å². The van der Waals surface area contributed by atoms with Crippen molar-refractivity contribution in [3.05, 3.63) is 115 Å². The number of hydrogen-bond donors (Lipinski definition) is 0. The SMILES string of the molecule is Cc1ccc2c(c1)c(-c1ccc3ccncc3c1)cc1c3ccc(C)c4c3c(cc21)-c1ccccc1-4. The van der Waals surface area contributed by atoms with Crippen molar-refractivity contribution >= 4 is 43.1 Å². The molecular weight excluding hydrogens is 434 g/mol. The summed E-state index contributed by atoms with van der Waals surface area (Å²) in [6, 6.07) is 34.1. The molecule has 0 fully saturated rings. The van der Waals surface area contributed by atoms with Crippen LogP contribution in [0.5, 0.6) is 0 Å². The normalized spacial score (nSPS) is 12.2. The molecule has 0 spiro atoms. The summed E-state index contributed by atoms with van der Waals surface area (Å²) in [5.74, 6) is 0. The van der Waals surface area contributed by atoms with Crippen LogP contribution in [-0.4, -0.2) is 4.98 Å². The Hall–Kier alpha value is -4.49. The summed E-state index contributed by atoms with van der Waals surface area (Å²) in [7, 11) is 0. The number of aryl methyl sites for hydroxylation is 2. The van der Waals surface area contributed by atoms with Crippen molar-refractivity contribution in [2.24, 2.45) is 0 Å². The van der Waals surface area contributed by atoms with Crippen molar-refractivity contribution in [1.82, 2.24) is 4.98 Å². The van der Waals surface area contributed by atoms with Crippen LogP contribution in [0.25, 0.3) is 76.5 Å². The second-order valence-corrected chi connectivity index (χ2v) is 10.2. The lowest BCUT2D eigenvalue weighted by atomic mass is 9.87. The molecule has 0 atom stereocenters. The van der Waals surface area contributed by atoms with E-state index in [0.717, 1.165) is 0 Å². The summed E-state index contributed by atoms with van der Waals surface area (Å²) >= 11 is 0. The topological polar surface area (TPSA) is 12.9 Å². The highest BCUT2D eigenvalue weighted by atomic mass is 14.6. The Morgan fingerprint density at radius 1 is 0.528 bits per heavy atom. The zero-order chi connectivity index (χ0) is 24.0. The lowest BCUT2D eigenvalue weighted by Crippen LogP contribution is -1.89. The van der Waals surface area contributed by atoms with Gasteiger partial charge in [0, 0.05) is 17.8 Å². The highest BCUT2D eigenvalue weighted by Crippen LogP contribution is 2.52. The Balaban J connectivity index is 1.56. The highest BCUT2D eigenvalue weighted by Gasteiger charge is 2.25. The van der Waals surface area contributed by atoms with Crippen LogP contribution in [0.3, 0.4) is 0 Å². The average molecular weight is 458 g/mol. The molecule has 0 saturated heterocycles. The lowest BCUT2D eigenvalue weighted by molar-refractivity contribution is 1.36. The molecule has 6 aromatic carbocycles. The summed E-state index contributed by atoms with van der Waals surface area (Å²) in [6.07, 6.45) is 3.82. The minimum Gasteiger partial charge on any atom is -0.264 e. The smallest absolute Gasteiger partial charge is 0.0346 e. The van der Waals surface area contributed by atoms with Crippen molar-refractivity contribution in [2.75, 3.05) is 0 Å². The van der Waals surface area contributed by atoms with Gasteiger partial charge in [0.2, 0.25) is 0 Å². The molecule has 0 aliphatic heterocycles. The predicted molar refractivity (Wildman–Crippen MR) is 154 cm³/mol. The van der Waals surface area contributed by atoms with Crippen LogP contribution in [0.15, 0.2) is 103 Å². The van der Waals surface area contributed by atoms with Crippen molar-refractivity contribution in [3.63, 3.8) is 0 Å². The minimum atomic E-state index is 1.17. The predicted octanol–water partition coefficient (Wildman–Crippen LogP) is 9.63. The number of hydrogen-bond acceptors (Lipinski definition) is 1. The van der Waals surface area contributed by atoms with E-state index < -0.39 is 0 Å². The standard InChI is InChI=1S/C35H23N/c1-20-7-11-26-30(15-20)29(23-10-9-22-13-14-36-19-24(22)16-23)17-32-28-12-8-21(2)34-27-6-4-3-5-25(27)33(35(28)34)18-31(26)32/h3-19H,1-2H3. The molecule has 7 aromatic rings. The molecule has 168 valence electrons. The fourth-order valence-corrected chi connectivity index (χ4v) is 6.35. The van der Waals surface area contributed by atoms with Gasteiger partial charge in [-0.15, -0.1) is 0 Å². The van der Waals surface area contributed by atoms with Gasteiger partial charge in [-0.1, -0.05) is 72.3 Å². The number of benzene rings is 6. The summed E-state index contributed by atoms with van der Waals surface area (Å²) < 4.78 is 0. The van der Waals surface area contributed by atoms with E-state index in [0.29, 0.717) is 0 Å². The minimum absolute atomic E-state index is 1.17. The molecule has 0 unspecified atom stereocenters. The van der Waals surface area contributed by atoms with Gasteiger partial charge < -0.3 is 0 Å². The van der Waals surface area contributed by atoms with Gasteiger partial charge in [-0.25, -0.2) is 0 Å². The largest absolute Gasteiger partial charge is 0.264 e. The third kappa shape index (κ3) is 2.58. The van der Waals surface area contributed by atoms with Crippen LogP contribution in [0.4, 0.5) is 0 Å². The van der Waals surface area contributed by atoms with Gasteiger partial charge in [0.1, 0.15) is 0 Å². The summed E-state index contributed by atoms with van der Waals surface area (Å²) in [5.41, 5.74) is 10.6. The molecule has 0 amide bonds. The summed E-state index contributed by atoms with van der Waals surface area (Å²) in [4.78, 5) is 4.37. The molecule has 1 aromatic heterocycles. The van der Waals surface area contributed by atoms with E-state index in [1.807, 2.05) is 12.4 Å². The molecule has 1 aliphatic carbocycles. The number of aromatic nitrogens is 1. The van der Waals surface area contributed by atoms with Crippen LogP contribution in [0.1, 0.15) is 11.1 Å². The number of fused-ring (bicyclic) bond motifs is 8.